The summed E-state index contributed by atoms with van der Waals surface area (Å²) in [5.41, 5.74) is 5.63. The van der Waals surface area contributed by atoms with Crippen LogP contribution in [0.3, 0.4) is 0 Å². The minimum Gasteiger partial charge on any atom is -0.453 e. The van der Waals surface area contributed by atoms with Crippen molar-refractivity contribution in [3.8, 4) is 39.7 Å². The predicted octanol–water partition coefficient (Wildman–Crippen LogP) is 7.20. The van der Waals surface area contributed by atoms with Gasteiger partial charge in [-0.1, -0.05) is 76.2 Å². The molecule has 15 heteroatoms. The molecule has 0 spiro atoms. The average Bonchev–Trinajstić information content (AvgIpc) is 4.05. The van der Waals surface area contributed by atoms with Crippen molar-refractivity contribution >= 4 is 34.8 Å². The highest BCUT2D eigenvalue weighted by Crippen LogP contribution is 2.34. The smallest absolute Gasteiger partial charge is 0.407 e. The van der Waals surface area contributed by atoms with Crippen LogP contribution in [0.25, 0.3) is 44.4 Å². The number of hydrogen-bond donors (Lipinski definition) is 4. The number of benzene rings is 3. The number of alkyl carbamates (subject to hydrolysis) is 2. The van der Waals surface area contributed by atoms with Gasteiger partial charge in [-0.2, -0.15) is 5.26 Å². The van der Waals surface area contributed by atoms with E-state index in [1.807, 2.05) is 39.8 Å². The van der Waals surface area contributed by atoms with Crippen LogP contribution in [0, 0.1) is 29.1 Å². The van der Waals surface area contributed by atoms with Crippen LogP contribution in [0.2, 0.25) is 0 Å². The maximum atomic E-state index is 13.6. The third-order valence-corrected chi connectivity index (χ3v) is 10.9. The van der Waals surface area contributed by atoms with Gasteiger partial charge < -0.3 is 39.9 Å². The van der Waals surface area contributed by atoms with Crippen LogP contribution in [0.4, 0.5) is 9.59 Å². The van der Waals surface area contributed by atoms with Crippen molar-refractivity contribution < 1.29 is 28.7 Å². The Morgan fingerprint density at radius 3 is 2.00 bits per heavy atom. The summed E-state index contributed by atoms with van der Waals surface area (Å²) in [7, 11) is 2.53. The lowest BCUT2D eigenvalue weighted by molar-refractivity contribution is -0.136. The molecule has 15 nitrogen and oxygen atoms in total. The summed E-state index contributed by atoms with van der Waals surface area (Å²) in [6, 6.07) is 21.2. The van der Waals surface area contributed by atoms with Crippen molar-refractivity contribution in [2.24, 2.45) is 17.8 Å². The second-order valence-electron chi connectivity index (χ2n) is 15.9. The number of ether oxygens (including phenoxy) is 2. The second kappa shape index (κ2) is 18.9. The molecule has 1 aliphatic rings. The first-order valence-corrected chi connectivity index (χ1v) is 20.2. The van der Waals surface area contributed by atoms with Gasteiger partial charge in [-0.3, -0.25) is 9.59 Å². The molecule has 0 bridgehead atoms. The Labute approximate surface area is 349 Å². The van der Waals surface area contributed by atoms with E-state index in [0.29, 0.717) is 18.2 Å². The molecular formula is C45H53N9O6. The Kier molecular flexibility index (Phi) is 13.5. The molecule has 6 rings (SSSR count). The first-order valence-electron chi connectivity index (χ1n) is 20.2. The summed E-state index contributed by atoms with van der Waals surface area (Å²) >= 11 is 0. The van der Waals surface area contributed by atoms with Crippen molar-refractivity contribution in [3.05, 3.63) is 84.7 Å². The normalized spacial score (nSPS) is 15.3. The molecule has 0 radical (unpaired) electrons. The summed E-state index contributed by atoms with van der Waals surface area (Å²) < 4.78 is 9.50. The molecule has 2 unspecified atom stereocenters. The van der Waals surface area contributed by atoms with Gasteiger partial charge in [-0.25, -0.2) is 19.6 Å². The molecule has 60 heavy (non-hydrogen) atoms. The van der Waals surface area contributed by atoms with Crippen molar-refractivity contribution in [2.45, 2.75) is 72.1 Å². The highest BCUT2D eigenvalue weighted by molar-refractivity contribution is 5.91. The van der Waals surface area contributed by atoms with E-state index in [2.05, 4.69) is 80.2 Å². The van der Waals surface area contributed by atoms with E-state index in [-0.39, 0.29) is 42.8 Å². The lowest BCUT2D eigenvalue weighted by Gasteiger charge is -2.30. The van der Waals surface area contributed by atoms with E-state index >= 15 is 0 Å². The van der Waals surface area contributed by atoms with Crippen LogP contribution in [0.1, 0.15) is 65.2 Å². The third-order valence-electron chi connectivity index (χ3n) is 10.9. The zero-order valence-electron chi connectivity index (χ0n) is 35.1. The number of H-pyrrole nitrogens is 2. The average molecular weight is 816 g/mol. The largest absolute Gasteiger partial charge is 0.453 e. The van der Waals surface area contributed by atoms with Gasteiger partial charge in [0.2, 0.25) is 11.8 Å². The summed E-state index contributed by atoms with van der Waals surface area (Å²) in [5.74, 6) is 0.0397. The minimum absolute atomic E-state index is 0.114. The van der Waals surface area contributed by atoms with Gasteiger partial charge in [0.25, 0.3) is 0 Å². The molecule has 3 aromatic carbocycles. The molecule has 0 aliphatic carbocycles. The minimum atomic E-state index is -0.830. The molecule has 3 heterocycles. The zero-order chi connectivity index (χ0) is 43.1. The summed E-state index contributed by atoms with van der Waals surface area (Å²) in [6.07, 6.45) is 3.81. The molecule has 4 amide bonds. The maximum Gasteiger partial charge on any atom is 0.407 e. The van der Waals surface area contributed by atoms with Gasteiger partial charge >= 0.3 is 12.2 Å². The molecule has 0 saturated carbocycles. The van der Waals surface area contributed by atoms with Crippen LogP contribution >= 0.6 is 0 Å². The third kappa shape index (κ3) is 9.77. The van der Waals surface area contributed by atoms with Gasteiger partial charge in [-0.05, 0) is 71.2 Å². The molecule has 1 aliphatic heterocycles. The number of likely N-dealkylation sites (tertiary alicyclic amines) is 1. The summed E-state index contributed by atoms with van der Waals surface area (Å²) in [6.45, 7) is 10.1. The van der Waals surface area contributed by atoms with E-state index in [1.165, 1.54) is 14.2 Å². The number of imidazole rings is 2. The topological polar surface area (TPSA) is 198 Å². The second-order valence-corrected chi connectivity index (χ2v) is 15.9. The Balaban J connectivity index is 1.14. The van der Waals surface area contributed by atoms with Gasteiger partial charge in [0, 0.05) is 18.7 Å². The van der Waals surface area contributed by atoms with Crippen molar-refractivity contribution in [2.75, 3.05) is 27.3 Å². The zero-order valence-corrected chi connectivity index (χ0v) is 35.1. The van der Waals surface area contributed by atoms with Crippen LogP contribution in [0.15, 0.2) is 73.1 Å². The number of nitrogens with zero attached hydrogens (tertiary/aromatic N) is 5. The fourth-order valence-corrected chi connectivity index (χ4v) is 7.55. The first kappa shape index (κ1) is 42.9. The summed E-state index contributed by atoms with van der Waals surface area (Å²) in [5, 5.41) is 17.0. The van der Waals surface area contributed by atoms with Gasteiger partial charge in [-0.15, -0.1) is 0 Å². The van der Waals surface area contributed by atoms with Crippen LogP contribution in [0.5, 0.6) is 0 Å². The number of fused-ring (bicyclic) bond motifs is 1. The lowest BCUT2D eigenvalue weighted by atomic mass is 9.98. The number of nitriles is 1. The van der Waals surface area contributed by atoms with Crippen molar-refractivity contribution in [3.63, 3.8) is 0 Å². The van der Waals surface area contributed by atoms with Gasteiger partial charge in [0.1, 0.15) is 23.7 Å². The number of amides is 4. The number of nitrogens with one attached hydrogen (secondary N) is 4. The van der Waals surface area contributed by atoms with Crippen molar-refractivity contribution in [1.29, 1.82) is 5.26 Å². The number of aromatic nitrogens is 4. The number of hydrogen-bond acceptors (Lipinski definition) is 9. The van der Waals surface area contributed by atoms with E-state index in [4.69, 9.17) is 14.5 Å². The molecule has 4 N–H and O–H groups in total. The predicted molar refractivity (Wildman–Crippen MR) is 227 cm³/mol. The van der Waals surface area contributed by atoms with E-state index in [9.17, 15) is 24.4 Å². The van der Waals surface area contributed by atoms with Crippen LogP contribution in [-0.2, 0) is 25.6 Å². The Morgan fingerprint density at radius 2 is 1.37 bits per heavy atom. The standard InChI is InChI=1S/C45H53N9O6/c1-26(2)39(51-44(57)59-6)42(55)53(24-28(5)21-46)25-38-47-22-35(49-38)30-12-10-29(11-13-30)31-14-15-33-20-34(17-16-32(33)19-31)36-23-48-41(50-36)37-9-8-18-54(37)43(56)40(27(3)4)52-45(58)60-7/h10-17,19-20,22-23,26-28,37,39-40H,8-9,18,24-25H2,1-7H3,(H,47,49)(H,48,50)(H,51,57)(H,52,58)/t28?,37-,39-,40?/m0/s1. The number of methoxy groups -OCH3 is 2. The van der Waals surface area contributed by atoms with E-state index in [0.717, 1.165) is 57.3 Å². The maximum absolute atomic E-state index is 13.6. The Morgan fingerprint density at radius 1 is 0.800 bits per heavy atom. The number of carbonyl (C=O) groups is 4. The quantitative estimate of drug-likeness (QED) is 0.0895. The Bertz CT molecular complexity index is 2360. The molecule has 2 aromatic heterocycles. The van der Waals surface area contributed by atoms with Crippen LogP contribution < -0.4 is 10.6 Å². The molecule has 5 aromatic rings. The highest BCUT2D eigenvalue weighted by atomic mass is 16.5. The monoisotopic (exact) mass is 815 g/mol. The fourth-order valence-electron chi connectivity index (χ4n) is 7.55. The fraction of sp³-hybridized carbons (Fsp3) is 0.400. The van der Waals surface area contributed by atoms with E-state index < -0.39 is 30.2 Å². The number of aromatic amines is 2. The summed E-state index contributed by atoms with van der Waals surface area (Å²) in [4.78, 5) is 70.6. The molecule has 4 atom stereocenters. The molecular weight excluding hydrogens is 763 g/mol. The molecule has 1 fully saturated rings. The SMILES string of the molecule is COC(=O)NC(C(=O)N1CCC[C@H]1c1ncc(-c2ccc3cc(-c4ccc(-c5cnc(CN(CC(C)C#N)C(=O)[C@@H](NC(=O)OC)C(C)C)[nH]5)cc4)ccc3c2)[nH]1)C(C)C. The highest BCUT2D eigenvalue weighted by Gasteiger charge is 2.37. The van der Waals surface area contributed by atoms with Gasteiger partial charge in [0.15, 0.2) is 0 Å². The number of rotatable bonds is 14. The van der Waals surface area contributed by atoms with Crippen molar-refractivity contribution in [1.82, 2.24) is 40.4 Å². The lowest BCUT2D eigenvalue weighted by Crippen LogP contribution is -2.51. The number of carbonyl (C=O) groups excluding carboxylic acids is 4. The molecule has 1 saturated heterocycles. The van der Waals surface area contributed by atoms with E-state index in [1.54, 1.807) is 29.1 Å². The Hall–Kier alpha value is -6.69. The van der Waals surface area contributed by atoms with Gasteiger partial charge in [0.05, 0.1) is 62.6 Å². The molecule has 314 valence electrons. The van der Waals surface area contributed by atoms with Crippen LogP contribution in [-0.4, -0.2) is 93.1 Å². The first-order chi connectivity index (χ1) is 28.8.